The number of carbonyl (C=O) groups is 1. The van der Waals surface area contributed by atoms with Crippen LogP contribution in [-0.2, 0) is 16.8 Å². The number of hydrogen-bond acceptors (Lipinski definition) is 4. The molecular formula is C22H32N4OS. The number of nitrogens with one attached hydrogen (secondary N) is 1. The Morgan fingerprint density at radius 2 is 1.79 bits per heavy atom. The van der Waals surface area contributed by atoms with E-state index in [-0.39, 0.29) is 22.1 Å². The molecule has 1 amide bonds. The van der Waals surface area contributed by atoms with E-state index >= 15 is 0 Å². The molecule has 0 fully saturated rings. The van der Waals surface area contributed by atoms with Crippen LogP contribution < -0.4 is 5.32 Å². The summed E-state index contributed by atoms with van der Waals surface area (Å²) in [6.07, 6.45) is 1.82. The average molecular weight is 401 g/mol. The first kappa shape index (κ1) is 22.2. The summed E-state index contributed by atoms with van der Waals surface area (Å²) in [5.41, 5.74) is 2.11. The third-order valence-electron chi connectivity index (χ3n) is 4.19. The summed E-state index contributed by atoms with van der Waals surface area (Å²) in [5.74, 6) is 0.771. The summed E-state index contributed by atoms with van der Waals surface area (Å²) in [6, 6.07) is 8.42. The van der Waals surface area contributed by atoms with E-state index in [1.165, 1.54) is 17.3 Å². The fourth-order valence-electron chi connectivity index (χ4n) is 2.69. The van der Waals surface area contributed by atoms with Gasteiger partial charge in [-0.25, -0.2) is 0 Å². The second kappa shape index (κ2) is 8.52. The number of aromatic nitrogens is 3. The van der Waals surface area contributed by atoms with Gasteiger partial charge in [0, 0.05) is 17.6 Å². The van der Waals surface area contributed by atoms with Gasteiger partial charge in [-0.2, -0.15) is 0 Å². The minimum absolute atomic E-state index is 0.0123. The Morgan fingerprint density at radius 1 is 1.18 bits per heavy atom. The van der Waals surface area contributed by atoms with Gasteiger partial charge in [0.05, 0.1) is 5.25 Å². The maximum absolute atomic E-state index is 12.4. The smallest absolute Gasteiger partial charge is 0.233 e. The molecule has 152 valence electrons. The Hall–Kier alpha value is -2.08. The molecule has 0 spiro atoms. The number of rotatable bonds is 6. The van der Waals surface area contributed by atoms with Crippen molar-refractivity contribution in [1.29, 1.82) is 0 Å². The first-order valence-electron chi connectivity index (χ1n) is 9.56. The van der Waals surface area contributed by atoms with Crippen LogP contribution in [0.2, 0.25) is 0 Å². The van der Waals surface area contributed by atoms with Crippen LogP contribution in [0.3, 0.4) is 0 Å². The molecule has 1 aromatic heterocycles. The minimum Gasteiger partial charge on any atom is -0.351 e. The quantitative estimate of drug-likeness (QED) is 0.558. The molecule has 6 heteroatoms. The predicted octanol–water partition coefficient (Wildman–Crippen LogP) is 4.82. The SMILES string of the molecule is C=CCn1c(S[C@@H](C)C(=O)NC(C)(C)C)nnc1-c1ccc(C(C)(C)C)cc1. The summed E-state index contributed by atoms with van der Waals surface area (Å²) in [7, 11) is 0. The maximum atomic E-state index is 12.4. The molecule has 0 unspecified atom stereocenters. The van der Waals surface area contributed by atoms with Crippen LogP contribution in [0.15, 0.2) is 42.1 Å². The van der Waals surface area contributed by atoms with E-state index in [0.29, 0.717) is 11.7 Å². The van der Waals surface area contributed by atoms with Crippen molar-refractivity contribution in [2.45, 2.75) is 76.4 Å². The fraction of sp³-hybridized carbons (Fsp3) is 0.500. The highest BCUT2D eigenvalue weighted by Gasteiger charge is 2.23. The van der Waals surface area contributed by atoms with Crippen molar-refractivity contribution in [2.24, 2.45) is 0 Å². The number of benzene rings is 1. The summed E-state index contributed by atoms with van der Waals surface area (Å²) >= 11 is 1.41. The fourth-order valence-corrected chi connectivity index (χ4v) is 3.54. The summed E-state index contributed by atoms with van der Waals surface area (Å²) in [4.78, 5) is 12.4. The van der Waals surface area contributed by atoms with Gasteiger partial charge in [0.25, 0.3) is 0 Å². The predicted molar refractivity (Wildman–Crippen MR) is 118 cm³/mol. The minimum atomic E-state index is -0.275. The Kier molecular flexibility index (Phi) is 6.75. The molecule has 1 atom stereocenters. The van der Waals surface area contributed by atoms with Crippen LogP contribution in [-0.4, -0.2) is 31.5 Å². The molecule has 0 saturated carbocycles. The highest BCUT2D eigenvalue weighted by molar-refractivity contribution is 8.00. The first-order valence-corrected chi connectivity index (χ1v) is 10.4. The lowest BCUT2D eigenvalue weighted by Gasteiger charge is -2.23. The van der Waals surface area contributed by atoms with E-state index in [0.717, 1.165) is 11.4 Å². The molecule has 1 heterocycles. The molecule has 0 aliphatic heterocycles. The molecule has 0 saturated heterocycles. The van der Waals surface area contributed by atoms with Crippen LogP contribution >= 0.6 is 11.8 Å². The van der Waals surface area contributed by atoms with Crippen molar-refractivity contribution in [3.8, 4) is 11.4 Å². The number of hydrogen-bond donors (Lipinski definition) is 1. The highest BCUT2D eigenvalue weighted by Crippen LogP contribution is 2.29. The topological polar surface area (TPSA) is 59.8 Å². The Morgan fingerprint density at radius 3 is 2.29 bits per heavy atom. The number of carbonyl (C=O) groups excluding carboxylic acids is 1. The molecular weight excluding hydrogens is 368 g/mol. The molecule has 0 aliphatic carbocycles. The van der Waals surface area contributed by atoms with Gasteiger partial charge < -0.3 is 5.32 Å². The van der Waals surface area contributed by atoms with Crippen molar-refractivity contribution in [3.05, 3.63) is 42.5 Å². The average Bonchev–Trinajstić information content (AvgIpc) is 2.95. The molecule has 0 bridgehead atoms. The van der Waals surface area contributed by atoms with Gasteiger partial charge in [0.15, 0.2) is 11.0 Å². The molecule has 1 aromatic carbocycles. The van der Waals surface area contributed by atoms with Gasteiger partial charge in [-0.1, -0.05) is 62.9 Å². The summed E-state index contributed by atoms with van der Waals surface area (Å²) < 4.78 is 2.00. The lowest BCUT2D eigenvalue weighted by atomic mass is 9.87. The van der Waals surface area contributed by atoms with E-state index in [9.17, 15) is 4.79 Å². The third-order valence-corrected chi connectivity index (χ3v) is 5.27. The van der Waals surface area contributed by atoms with E-state index in [1.54, 1.807) is 0 Å². The third kappa shape index (κ3) is 5.71. The van der Waals surface area contributed by atoms with Crippen LogP contribution in [0.5, 0.6) is 0 Å². The number of nitrogens with zero attached hydrogens (tertiary/aromatic N) is 3. The standard InChI is InChI=1S/C22H32N4OS/c1-9-14-26-18(16-10-12-17(13-11-16)21(3,4)5)24-25-20(26)28-15(2)19(27)23-22(6,7)8/h9-13,15H,1,14H2,2-8H3,(H,23,27)/t15-/m0/s1. The zero-order valence-electron chi connectivity index (χ0n) is 18.0. The Bertz CT molecular complexity index is 826. The molecule has 0 radical (unpaired) electrons. The van der Waals surface area contributed by atoms with Crippen LogP contribution in [0.1, 0.15) is 54.0 Å². The van der Waals surface area contributed by atoms with E-state index in [4.69, 9.17) is 0 Å². The maximum Gasteiger partial charge on any atom is 0.233 e. The van der Waals surface area contributed by atoms with E-state index in [1.807, 2.05) is 38.3 Å². The molecule has 0 aliphatic rings. The largest absolute Gasteiger partial charge is 0.351 e. The van der Waals surface area contributed by atoms with E-state index < -0.39 is 0 Å². The molecule has 28 heavy (non-hydrogen) atoms. The van der Waals surface area contributed by atoms with Crippen LogP contribution in [0, 0.1) is 0 Å². The van der Waals surface area contributed by atoms with Crippen molar-refractivity contribution in [3.63, 3.8) is 0 Å². The van der Waals surface area contributed by atoms with Gasteiger partial charge in [-0.15, -0.1) is 16.8 Å². The van der Waals surface area contributed by atoms with Crippen LogP contribution in [0.25, 0.3) is 11.4 Å². The Balaban J connectivity index is 2.28. The lowest BCUT2D eigenvalue weighted by molar-refractivity contribution is -0.121. The first-order chi connectivity index (χ1) is 12.9. The van der Waals surface area contributed by atoms with Crippen molar-refractivity contribution in [1.82, 2.24) is 20.1 Å². The second-order valence-electron chi connectivity index (χ2n) is 9.03. The number of allylic oxidation sites excluding steroid dienone is 1. The summed E-state index contributed by atoms with van der Waals surface area (Å²) in [6.45, 7) is 18.8. The molecule has 2 aromatic rings. The van der Waals surface area contributed by atoms with Gasteiger partial charge in [0.2, 0.25) is 5.91 Å². The van der Waals surface area contributed by atoms with Gasteiger partial charge in [-0.05, 0) is 38.7 Å². The van der Waals surface area contributed by atoms with Crippen molar-refractivity contribution in [2.75, 3.05) is 0 Å². The van der Waals surface area contributed by atoms with Crippen LogP contribution in [0.4, 0.5) is 0 Å². The summed E-state index contributed by atoms with van der Waals surface area (Å²) in [5, 5.41) is 12.2. The number of thioether (sulfide) groups is 1. The zero-order chi connectivity index (χ0) is 21.1. The normalized spacial score (nSPS) is 13.2. The van der Waals surface area contributed by atoms with Gasteiger partial charge in [0.1, 0.15) is 0 Å². The zero-order valence-corrected chi connectivity index (χ0v) is 18.9. The van der Waals surface area contributed by atoms with Crippen molar-refractivity contribution < 1.29 is 4.79 Å². The molecule has 5 nitrogen and oxygen atoms in total. The molecule has 2 rings (SSSR count). The number of amides is 1. The monoisotopic (exact) mass is 400 g/mol. The second-order valence-corrected chi connectivity index (χ2v) is 10.3. The lowest BCUT2D eigenvalue weighted by Crippen LogP contribution is -2.44. The van der Waals surface area contributed by atoms with Gasteiger partial charge >= 0.3 is 0 Å². The van der Waals surface area contributed by atoms with Gasteiger partial charge in [-0.3, -0.25) is 9.36 Å². The van der Waals surface area contributed by atoms with E-state index in [2.05, 4.69) is 67.1 Å². The Labute approximate surface area is 173 Å². The molecule has 1 N–H and O–H groups in total. The van der Waals surface area contributed by atoms with Crippen molar-refractivity contribution >= 4 is 17.7 Å². The highest BCUT2D eigenvalue weighted by atomic mass is 32.2.